The summed E-state index contributed by atoms with van der Waals surface area (Å²) in [7, 11) is 2.06. The Morgan fingerprint density at radius 2 is 1.73 bits per heavy atom. The molecule has 0 fully saturated rings. The van der Waals surface area contributed by atoms with Gasteiger partial charge in [-0.2, -0.15) is 9.78 Å². The molecule has 0 bridgehead atoms. The number of nitrogens with one attached hydrogen (secondary N) is 1. The highest BCUT2D eigenvalue weighted by atomic mass is 35.5. The van der Waals surface area contributed by atoms with Crippen LogP contribution in [0.5, 0.6) is 0 Å². The number of hydrogen-bond acceptors (Lipinski definition) is 4. The first-order chi connectivity index (χ1) is 12.7. The van der Waals surface area contributed by atoms with E-state index >= 15 is 0 Å². The zero-order valence-corrected chi connectivity index (χ0v) is 15.4. The van der Waals surface area contributed by atoms with Gasteiger partial charge in [-0.25, -0.2) is 0 Å². The highest BCUT2D eigenvalue weighted by Crippen LogP contribution is 2.17. The lowest BCUT2D eigenvalue weighted by Crippen LogP contribution is -2.24. The van der Waals surface area contributed by atoms with Crippen LogP contribution in [0.3, 0.4) is 0 Å². The van der Waals surface area contributed by atoms with Gasteiger partial charge in [-0.3, -0.25) is 4.79 Å². The Morgan fingerprint density at radius 3 is 2.42 bits per heavy atom. The predicted molar refractivity (Wildman–Crippen MR) is 108 cm³/mol. The van der Waals surface area contributed by atoms with Crippen LogP contribution < -0.4 is 15.8 Å². The van der Waals surface area contributed by atoms with Gasteiger partial charge in [0.2, 0.25) is 0 Å². The third-order valence-corrected chi connectivity index (χ3v) is 4.47. The van der Waals surface area contributed by atoms with Crippen molar-refractivity contribution >= 4 is 23.0 Å². The second-order valence-electron chi connectivity index (χ2n) is 5.96. The second-order valence-corrected chi connectivity index (χ2v) is 6.34. The molecule has 0 atom stereocenters. The summed E-state index contributed by atoms with van der Waals surface area (Å²) in [5.74, 6) is 0. The van der Waals surface area contributed by atoms with Crippen LogP contribution in [-0.2, 0) is 0 Å². The molecule has 3 rings (SSSR count). The van der Waals surface area contributed by atoms with E-state index in [2.05, 4.69) is 34.5 Å². The number of benzene rings is 2. The molecule has 2 aromatic carbocycles. The van der Waals surface area contributed by atoms with Crippen LogP contribution in [0.1, 0.15) is 6.42 Å². The topological polar surface area (TPSA) is 50.2 Å². The summed E-state index contributed by atoms with van der Waals surface area (Å²) in [5.41, 5.74) is 2.10. The quantitative estimate of drug-likeness (QED) is 0.644. The van der Waals surface area contributed by atoms with Crippen LogP contribution in [0.15, 0.2) is 71.7 Å². The van der Waals surface area contributed by atoms with Gasteiger partial charge in [-0.1, -0.05) is 48.0 Å². The minimum atomic E-state index is -0.329. The summed E-state index contributed by atoms with van der Waals surface area (Å²) in [6, 6.07) is 19.4. The first-order valence-corrected chi connectivity index (χ1v) is 8.88. The third-order valence-electron chi connectivity index (χ3n) is 4.10. The van der Waals surface area contributed by atoms with Crippen molar-refractivity contribution in [2.24, 2.45) is 0 Å². The van der Waals surface area contributed by atoms with Crippen molar-refractivity contribution in [2.75, 3.05) is 30.4 Å². The van der Waals surface area contributed by atoms with Crippen LogP contribution >= 0.6 is 11.6 Å². The summed E-state index contributed by atoms with van der Waals surface area (Å²) < 4.78 is 1.30. The zero-order valence-electron chi connectivity index (χ0n) is 14.6. The van der Waals surface area contributed by atoms with E-state index in [-0.39, 0.29) is 10.6 Å². The van der Waals surface area contributed by atoms with Gasteiger partial charge in [0, 0.05) is 25.8 Å². The molecule has 26 heavy (non-hydrogen) atoms. The minimum Gasteiger partial charge on any atom is -0.382 e. The molecule has 0 aliphatic carbocycles. The highest BCUT2D eigenvalue weighted by molar-refractivity contribution is 6.32. The second kappa shape index (κ2) is 8.54. The fourth-order valence-electron chi connectivity index (χ4n) is 2.66. The van der Waals surface area contributed by atoms with E-state index in [9.17, 15) is 4.79 Å². The molecule has 0 saturated heterocycles. The molecule has 5 nitrogen and oxygen atoms in total. The Balaban J connectivity index is 1.59. The van der Waals surface area contributed by atoms with E-state index in [1.165, 1.54) is 10.4 Å². The van der Waals surface area contributed by atoms with Gasteiger partial charge in [-0.15, -0.1) is 0 Å². The van der Waals surface area contributed by atoms with Gasteiger partial charge in [0.1, 0.15) is 5.02 Å². The van der Waals surface area contributed by atoms with Crippen molar-refractivity contribution in [1.29, 1.82) is 0 Å². The molecule has 1 N–H and O–H groups in total. The Kier molecular flexibility index (Phi) is 5.92. The number of hydrogen-bond donors (Lipinski definition) is 1. The Hall–Kier alpha value is -2.79. The minimum absolute atomic E-state index is 0.153. The number of para-hydroxylation sites is 2. The van der Waals surface area contributed by atoms with Crippen LogP contribution in [0.25, 0.3) is 5.69 Å². The predicted octanol–water partition coefficient (Wildman–Crippen LogP) is 3.82. The fraction of sp³-hybridized carbons (Fsp3) is 0.200. The van der Waals surface area contributed by atoms with Crippen LogP contribution in [0.4, 0.5) is 11.4 Å². The molecule has 6 heteroatoms. The van der Waals surface area contributed by atoms with Gasteiger partial charge in [-0.05, 0) is 30.7 Å². The molecule has 3 aromatic rings. The fourth-order valence-corrected chi connectivity index (χ4v) is 2.86. The third kappa shape index (κ3) is 4.24. The molecule has 1 aromatic heterocycles. The lowest BCUT2D eigenvalue weighted by Gasteiger charge is -2.19. The summed E-state index contributed by atoms with van der Waals surface area (Å²) in [5, 5.41) is 7.58. The maximum Gasteiger partial charge on any atom is 0.292 e. The lowest BCUT2D eigenvalue weighted by atomic mass is 10.3. The molecule has 0 saturated carbocycles. The van der Waals surface area contributed by atoms with Gasteiger partial charge in [0.25, 0.3) is 5.56 Å². The Morgan fingerprint density at radius 1 is 1.08 bits per heavy atom. The maximum absolute atomic E-state index is 12.4. The van der Waals surface area contributed by atoms with Gasteiger partial charge < -0.3 is 10.2 Å². The summed E-state index contributed by atoms with van der Waals surface area (Å²) in [4.78, 5) is 14.6. The van der Waals surface area contributed by atoms with Gasteiger partial charge >= 0.3 is 0 Å². The smallest absolute Gasteiger partial charge is 0.292 e. The van der Waals surface area contributed by atoms with E-state index in [4.69, 9.17) is 11.6 Å². The molecular weight excluding hydrogens is 348 g/mol. The van der Waals surface area contributed by atoms with Crippen molar-refractivity contribution in [3.63, 3.8) is 0 Å². The highest BCUT2D eigenvalue weighted by Gasteiger charge is 2.10. The number of nitrogens with zero attached hydrogens (tertiary/aromatic N) is 3. The molecule has 0 radical (unpaired) electrons. The van der Waals surface area contributed by atoms with E-state index in [1.807, 2.05) is 48.5 Å². The van der Waals surface area contributed by atoms with Crippen molar-refractivity contribution in [3.8, 4) is 5.69 Å². The summed E-state index contributed by atoms with van der Waals surface area (Å²) >= 11 is 6.24. The lowest BCUT2D eigenvalue weighted by molar-refractivity contribution is 0.796. The van der Waals surface area contributed by atoms with E-state index in [0.29, 0.717) is 17.9 Å². The monoisotopic (exact) mass is 368 g/mol. The molecule has 0 aliphatic heterocycles. The first kappa shape index (κ1) is 18.0. The summed E-state index contributed by atoms with van der Waals surface area (Å²) in [6.45, 7) is 1.59. The van der Waals surface area contributed by atoms with Crippen molar-refractivity contribution in [3.05, 3.63) is 82.2 Å². The molecule has 0 aliphatic rings. The standard InChI is InChI=1S/C20H21ClN4O/c1-24(16-9-4-2-5-10-16)14-8-13-22-18-15-23-25(20(26)19(18)21)17-11-6-3-7-12-17/h2-7,9-12,15,22H,8,13-14H2,1H3. The number of anilines is 2. The van der Waals surface area contributed by atoms with Crippen LogP contribution in [-0.4, -0.2) is 29.9 Å². The molecule has 134 valence electrons. The molecule has 1 heterocycles. The maximum atomic E-state index is 12.4. The van der Waals surface area contributed by atoms with E-state index in [0.717, 1.165) is 13.0 Å². The van der Waals surface area contributed by atoms with Crippen LogP contribution in [0, 0.1) is 0 Å². The SMILES string of the molecule is CN(CCCNc1cnn(-c2ccccc2)c(=O)c1Cl)c1ccccc1. The Bertz CT molecular complexity index is 897. The zero-order chi connectivity index (χ0) is 18.4. The molecule has 0 unspecified atom stereocenters. The summed E-state index contributed by atoms with van der Waals surface area (Å²) in [6.07, 6.45) is 2.50. The normalized spacial score (nSPS) is 10.5. The number of rotatable bonds is 7. The van der Waals surface area contributed by atoms with Gasteiger partial charge in [0.15, 0.2) is 0 Å². The first-order valence-electron chi connectivity index (χ1n) is 8.50. The average Bonchev–Trinajstić information content (AvgIpc) is 2.69. The number of halogens is 1. The van der Waals surface area contributed by atoms with Gasteiger partial charge in [0.05, 0.1) is 17.6 Å². The van der Waals surface area contributed by atoms with Crippen LogP contribution in [0.2, 0.25) is 5.02 Å². The number of aromatic nitrogens is 2. The largest absolute Gasteiger partial charge is 0.382 e. The van der Waals surface area contributed by atoms with Crippen molar-refractivity contribution in [1.82, 2.24) is 9.78 Å². The van der Waals surface area contributed by atoms with E-state index in [1.54, 1.807) is 6.20 Å². The van der Waals surface area contributed by atoms with Crippen molar-refractivity contribution < 1.29 is 0 Å². The molecular formula is C20H21ClN4O. The average molecular weight is 369 g/mol. The molecule has 0 spiro atoms. The van der Waals surface area contributed by atoms with Crippen molar-refractivity contribution in [2.45, 2.75) is 6.42 Å². The Labute approximate surface area is 157 Å². The molecule has 0 amide bonds. The van der Waals surface area contributed by atoms with E-state index < -0.39 is 0 Å².